The van der Waals surface area contributed by atoms with Crippen LogP contribution >= 0.6 is 0 Å². The quantitative estimate of drug-likeness (QED) is 0.820. The van der Waals surface area contributed by atoms with Crippen LogP contribution < -0.4 is 9.47 Å². The highest BCUT2D eigenvalue weighted by molar-refractivity contribution is 5.95. The molecule has 0 aromatic heterocycles. The maximum absolute atomic E-state index is 12.7. The summed E-state index contributed by atoms with van der Waals surface area (Å²) in [6.07, 6.45) is 0.0297. The van der Waals surface area contributed by atoms with Gasteiger partial charge in [-0.1, -0.05) is 13.8 Å². The molecule has 0 radical (unpaired) electrons. The summed E-state index contributed by atoms with van der Waals surface area (Å²) in [5.41, 5.74) is 0.566. The van der Waals surface area contributed by atoms with Crippen molar-refractivity contribution in [1.29, 1.82) is 0 Å². The van der Waals surface area contributed by atoms with Gasteiger partial charge < -0.3 is 19.3 Å². The molecule has 0 N–H and O–H groups in total. The molecule has 1 aromatic rings. The van der Waals surface area contributed by atoms with Crippen molar-refractivity contribution in [3.8, 4) is 11.5 Å². The number of hydrogen-bond donors (Lipinski definition) is 0. The van der Waals surface area contributed by atoms with Gasteiger partial charge in [0.1, 0.15) is 0 Å². The first kappa shape index (κ1) is 19.1. The molecule has 1 aromatic carbocycles. The van der Waals surface area contributed by atoms with Crippen molar-refractivity contribution in [3.63, 3.8) is 0 Å². The second kappa shape index (κ2) is 8.23. The zero-order valence-corrected chi connectivity index (χ0v) is 15.7. The number of carbonyl (C=O) groups is 2. The Bertz CT molecular complexity index is 620. The average molecular weight is 348 g/mol. The molecular formula is C19H28N2O4. The monoisotopic (exact) mass is 348 g/mol. The molecule has 2 amide bonds. The van der Waals surface area contributed by atoms with Crippen LogP contribution in [-0.2, 0) is 4.79 Å². The number of ether oxygens (including phenoxy) is 2. The predicted octanol–water partition coefficient (Wildman–Crippen LogP) is 2.42. The summed E-state index contributed by atoms with van der Waals surface area (Å²) in [7, 11) is 1.56. The van der Waals surface area contributed by atoms with Crippen LogP contribution in [-0.4, -0.2) is 61.0 Å². The number of carbonyl (C=O) groups excluding carboxylic acids is 2. The minimum atomic E-state index is -0.0500. The Morgan fingerprint density at radius 2 is 1.56 bits per heavy atom. The van der Waals surface area contributed by atoms with Crippen LogP contribution in [0.15, 0.2) is 18.2 Å². The summed E-state index contributed by atoms with van der Waals surface area (Å²) in [6.45, 7) is 9.92. The van der Waals surface area contributed by atoms with E-state index in [2.05, 4.69) is 0 Å². The van der Waals surface area contributed by atoms with Gasteiger partial charge in [-0.2, -0.15) is 0 Å². The van der Waals surface area contributed by atoms with Crippen molar-refractivity contribution in [3.05, 3.63) is 23.8 Å². The van der Waals surface area contributed by atoms with Gasteiger partial charge in [0, 0.05) is 37.7 Å². The fourth-order valence-corrected chi connectivity index (χ4v) is 2.83. The Labute approximate surface area is 149 Å². The van der Waals surface area contributed by atoms with Crippen LogP contribution in [0.3, 0.4) is 0 Å². The number of nitrogens with zero attached hydrogens (tertiary/aromatic N) is 2. The Hall–Kier alpha value is -2.24. The first-order chi connectivity index (χ1) is 11.8. The van der Waals surface area contributed by atoms with Gasteiger partial charge in [-0.15, -0.1) is 0 Å². The standard InChI is InChI=1S/C19H28N2O4/c1-13(2)18(22)20-8-10-21(11-9-20)19(23)15-6-7-16(25-14(3)4)17(12-15)24-5/h6-7,12-14H,8-11H2,1-5H3. The lowest BCUT2D eigenvalue weighted by Crippen LogP contribution is -2.51. The summed E-state index contributed by atoms with van der Waals surface area (Å²) in [5, 5.41) is 0. The lowest BCUT2D eigenvalue weighted by atomic mass is 10.1. The third kappa shape index (κ3) is 4.65. The average Bonchev–Trinajstić information content (AvgIpc) is 2.60. The Kier molecular flexibility index (Phi) is 6.28. The molecule has 0 atom stereocenters. The van der Waals surface area contributed by atoms with Crippen LogP contribution in [0.5, 0.6) is 11.5 Å². The molecule has 0 bridgehead atoms. The van der Waals surface area contributed by atoms with Crippen molar-refractivity contribution in [2.45, 2.75) is 33.8 Å². The first-order valence-electron chi connectivity index (χ1n) is 8.76. The summed E-state index contributed by atoms with van der Waals surface area (Å²) >= 11 is 0. The third-order valence-corrected chi connectivity index (χ3v) is 4.15. The normalized spacial score (nSPS) is 14.8. The van der Waals surface area contributed by atoms with E-state index in [4.69, 9.17) is 9.47 Å². The number of benzene rings is 1. The number of methoxy groups -OCH3 is 1. The number of piperazine rings is 1. The van der Waals surface area contributed by atoms with Crippen LogP contribution in [0.2, 0.25) is 0 Å². The van der Waals surface area contributed by atoms with E-state index >= 15 is 0 Å². The van der Waals surface area contributed by atoms with Gasteiger partial charge >= 0.3 is 0 Å². The molecule has 2 rings (SSSR count). The van der Waals surface area contributed by atoms with Crippen molar-refractivity contribution in [2.24, 2.45) is 5.92 Å². The van der Waals surface area contributed by atoms with E-state index in [1.54, 1.807) is 30.2 Å². The first-order valence-corrected chi connectivity index (χ1v) is 8.76. The molecular weight excluding hydrogens is 320 g/mol. The molecule has 0 unspecified atom stereocenters. The molecule has 25 heavy (non-hydrogen) atoms. The molecule has 1 heterocycles. The maximum Gasteiger partial charge on any atom is 0.254 e. The second-order valence-corrected chi connectivity index (χ2v) is 6.80. The molecule has 1 aliphatic heterocycles. The highest BCUT2D eigenvalue weighted by atomic mass is 16.5. The number of rotatable bonds is 5. The van der Waals surface area contributed by atoms with Crippen molar-refractivity contribution < 1.29 is 19.1 Å². The second-order valence-electron chi connectivity index (χ2n) is 6.80. The number of amides is 2. The van der Waals surface area contributed by atoms with Gasteiger partial charge in [0.25, 0.3) is 5.91 Å². The molecule has 1 aliphatic rings. The predicted molar refractivity (Wildman–Crippen MR) is 96.1 cm³/mol. The van der Waals surface area contributed by atoms with E-state index in [0.29, 0.717) is 43.2 Å². The fraction of sp³-hybridized carbons (Fsp3) is 0.579. The van der Waals surface area contributed by atoms with Gasteiger partial charge in [-0.25, -0.2) is 0 Å². The zero-order chi connectivity index (χ0) is 18.6. The van der Waals surface area contributed by atoms with Crippen LogP contribution in [0.4, 0.5) is 0 Å². The molecule has 0 spiro atoms. The van der Waals surface area contributed by atoms with Gasteiger partial charge in [0.15, 0.2) is 11.5 Å². The fourth-order valence-electron chi connectivity index (χ4n) is 2.83. The van der Waals surface area contributed by atoms with Crippen LogP contribution in [0.1, 0.15) is 38.1 Å². The maximum atomic E-state index is 12.7. The minimum absolute atomic E-state index is 0.0139. The van der Waals surface area contributed by atoms with Crippen molar-refractivity contribution >= 4 is 11.8 Å². The highest BCUT2D eigenvalue weighted by Crippen LogP contribution is 2.29. The van der Waals surface area contributed by atoms with Crippen LogP contribution in [0.25, 0.3) is 0 Å². The largest absolute Gasteiger partial charge is 0.493 e. The van der Waals surface area contributed by atoms with E-state index in [1.165, 1.54) is 0 Å². The van der Waals surface area contributed by atoms with Gasteiger partial charge in [0.2, 0.25) is 5.91 Å². The van der Waals surface area contributed by atoms with Gasteiger partial charge in [-0.3, -0.25) is 9.59 Å². The third-order valence-electron chi connectivity index (χ3n) is 4.15. The molecule has 0 saturated carbocycles. The van der Waals surface area contributed by atoms with Crippen molar-refractivity contribution in [1.82, 2.24) is 9.80 Å². The van der Waals surface area contributed by atoms with Gasteiger partial charge in [0.05, 0.1) is 13.2 Å². The molecule has 6 heteroatoms. The summed E-state index contributed by atoms with van der Waals surface area (Å²) < 4.78 is 11.0. The van der Waals surface area contributed by atoms with E-state index in [9.17, 15) is 9.59 Å². The topological polar surface area (TPSA) is 59.1 Å². The zero-order valence-electron chi connectivity index (χ0n) is 15.7. The molecule has 1 fully saturated rings. The summed E-state index contributed by atoms with van der Waals surface area (Å²) in [4.78, 5) is 28.4. The molecule has 138 valence electrons. The summed E-state index contributed by atoms with van der Waals surface area (Å²) in [6, 6.07) is 5.24. The van der Waals surface area contributed by atoms with Crippen LogP contribution in [0, 0.1) is 5.92 Å². The Balaban J connectivity index is 2.05. The van der Waals surface area contributed by atoms with E-state index in [-0.39, 0.29) is 23.8 Å². The Morgan fingerprint density at radius 1 is 0.960 bits per heavy atom. The van der Waals surface area contributed by atoms with Crippen molar-refractivity contribution in [2.75, 3.05) is 33.3 Å². The lowest BCUT2D eigenvalue weighted by molar-refractivity contribution is -0.135. The SMILES string of the molecule is COc1cc(C(=O)N2CCN(C(=O)C(C)C)CC2)ccc1OC(C)C. The smallest absolute Gasteiger partial charge is 0.254 e. The summed E-state index contributed by atoms with van der Waals surface area (Å²) in [5.74, 6) is 1.25. The van der Waals surface area contributed by atoms with E-state index < -0.39 is 0 Å². The highest BCUT2D eigenvalue weighted by Gasteiger charge is 2.26. The Morgan fingerprint density at radius 3 is 2.08 bits per heavy atom. The lowest BCUT2D eigenvalue weighted by Gasteiger charge is -2.35. The minimum Gasteiger partial charge on any atom is -0.493 e. The molecule has 1 saturated heterocycles. The van der Waals surface area contributed by atoms with E-state index in [1.807, 2.05) is 32.6 Å². The molecule has 6 nitrogen and oxygen atoms in total. The number of hydrogen-bond acceptors (Lipinski definition) is 4. The van der Waals surface area contributed by atoms with E-state index in [0.717, 1.165) is 0 Å². The van der Waals surface area contributed by atoms with Gasteiger partial charge in [-0.05, 0) is 32.0 Å². The molecule has 0 aliphatic carbocycles.